The highest BCUT2D eigenvalue weighted by Crippen LogP contribution is 2.46. The molecule has 10 heteroatoms. The van der Waals surface area contributed by atoms with Crippen molar-refractivity contribution in [1.29, 1.82) is 0 Å². The zero-order chi connectivity index (χ0) is 19.8. The van der Waals surface area contributed by atoms with Crippen LogP contribution >= 0.6 is 11.3 Å². The first-order valence-electron chi connectivity index (χ1n) is 8.79. The van der Waals surface area contributed by atoms with Crippen LogP contribution in [0.5, 0.6) is 5.88 Å². The van der Waals surface area contributed by atoms with Crippen LogP contribution < -0.4 is 15.2 Å². The molecule has 3 aromatic rings. The van der Waals surface area contributed by atoms with E-state index in [1.54, 1.807) is 31.1 Å². The highest BCUT2D eigenvalue weighted by atomic mass is 32.1. The van der Waals surface area contributed by atoms with Crippen molar-refractivity contribution in [2.45, 2.75) is 19.3 Å². The topological polar surface area (TPSA) is 86.0 Å². The van der Waals surface area contributed by atoms with Gasteiger partial charge in [-0.05, 0) is 25.5 Å². The molecule has 0 amide bonds. The first kappa shape index (κ1) is 18.5. The number of anilines is 2. The molecule has 1 saturated carbocycles. The van der Waals surface area contributed by atoms with Gasteiger partial charge in [-0.3, -0.25) is 9.78 Å². The number of ether oxygens (including phenoxy) is 1. The fourth-order valence-electron chi connectivity index (χ4n) is 3.00. The average Bonchev–Trinajstić information content (AvgIpc) is 3.33. The van der Waals surface area contributed by atoms with Crippen LogP contribution in [0.25, 0.3) is 0 Å². The van der Waals surface area contributed by atoms with Crippen molar-refractivity contribution in [3.05, 3.63) is 51.3 Å². The minimum Gasteiger partial charge on any atom is -0.476 e. The van der Waals surface area contributed by atoms with Gasteiger partial charge in [0.05, 0.1) is 12.8 Å². The second kappa shape index (κ2) is 7.27. The Balaban J connectivity index is 1.46. The van der Waals surface area contributed by atoms with Gasteiger partial charge in [-0.1, -0.05) is 11.3 Å². The van der Waals surface area contributed by atoms with Gasteiger partial charge in [0.25, 0.3) is 5.56 Å². The number of hydrogen-bond donors (Lipinski definition) is 0. The minimum atomic E-state index is -0.339. The molecule has 0 aliphatic heterocycles. The largest absolute Gasteiger partial charge is 0.476 e. The van der Waals surface area contributed by atoms with Gasteiger partial charge in [-0.2, -0.15) is 0 Å². The smallest absolute Gasteiger partial charge is 0.290 e. The number of aryl methyl sites for hydroxylation is 2. The molecule has 146 valence electrons. The van der Waals surface area contributed by atoms with Crippen molar-refractivity contribution in [2.75, 3.05) is 18.6 Å². The molecule has 8 nitrogen and oxygen atoms in total. The van der Waals surface area contributed by atoms with Crippen molar-refractivity contribution in [1.82, 2.24) is 25.0 Å². The van der Waals surface area contributed by atoms with Gasteiger partial charge in [0, 0.05) is 37.7 Å². The lowest BCUT2D eigenvalue weighted by molar-refractivity contribution is 0.278. The number of pyridine rings is 1. The van der Waals surface area contributed by atoms with Crippen molar-refractivity contribution in [3.8, 4) is 5.88 Å². The quantitative estimate of drug-likeness (QED) is 0.626. The number of rotatable bonds is 6. The Hall–Kier alpha value is -2.88. The highest BCUT2D eigenvalue weighted by Gasteiger charge is 2.40. The fourth-order valence-corrected chi connectivity index (χ4v) is 3.66. The Labute approximate surface area is 164 Å². The van der Waals surface area contributed by atoms with Gasteiger partial charge in [0.1, 0.15) is 16.5 Å². The first-order valence-corrected chi connectivity index (χ1v) is 9.60. The van der Waals surface area contributed by atoms with E-state index >= 15 is 0 Å². The van der Waals surface area contributed by atoms with E-state index in [0.29, 0.717) is 29.2 Å². The average molecular weight is 402 g/mol. The number of nitrogens with zero attached hydrogens (tertiary/aromatic N) is 6. The summed E-state index contributed by atoms with van der Waals surface area (Å²) >= 11 is 1.40. The lowest BCUT2D eigenvalue weighted by atomic mass is 10.2. The van der Waals surface area contributed by atoms with Crippen LogP contribution in [-0.2, 0) is 7.05 Å². The fraction of sp³-hybridized carbons (Fsp3) is 0.389. The second-order valence-electron chi connectivity index (χ2n) is 6.77. The van der Waals surface area contributed by atoms with E-state index in [0.717, 1.165) is 17.1 Å². The van der Waals surface area contributed by atoms with Crippen LogP contribution in [-0.4, -0.2) is 38.6 Å². The molecule has 0 N–H and O–H groups in total. The van der Waals surface area contributed by atoms with Gasteiger partial charge < -0.3 is 9.64 Å². The molecule has 0 bridgehead atoms. The molecule has 0 saturated heterocycles. The van der Waals surface area contributed by atoms with E-state index in [4.69, 9.17) is 4.74 Å². The molecule has 0 unspecified atom stereocenters. The van der Waals surface area contributed by atoms with Crippen LogP contribution in [0.2, 0.25) is 0 Å². The lowest BCUT2D eigenvalue weighted by Crippen LogP contribution is -2.27. The van der Waals surface area contributed by atoms with Crippen LogP contribution in [0.4, 0.5) is 15.2 Å². The Morgan fingerprint density at radius 2 is 2.21 bits per heavy atom. The van der Waals surface area contributed by atoms with Crippen molar-refractivity contribution in [3.63, 3.8) is 0 Å². The number of aromatic nitrogens is 5. The van der Waals surface area contributed by atoms with Gasteiger partial charge in [0.15, 0.2) is 0 Å². The third-order valence-corrected chi connectivity index (χ3v) is 5.60. The monoisotopic (exact) mass is 402 g/mol. The summed E-state index contributed by atoms with van der Waals surface area (Å²) < 4.78 is 20.1. The molecule has 0 aromatic carbocycles. The molecule has 28 heavy (non-hydrogen) atoms. The summed E-state index contributed by atoms with van der Waals surface area (Å²) in [5.74, 6) is 0.584. The summed E-state index contributed by atoms with van der Waals surface area (Å²) in [6, 6.07) is 4.75. The van der Waals surface area contributed by atoms with Crippen molar-refractivity contribution >= 4 is 22.2 Å². The van der Waals surface area contributed by atoms with Gasteiger partial charge in [0.2, 0.25) is 11.0 Å². The van der Waals surface area contributed by atoms with E-state index < -0.39 is 0 Å². The van der Waals surface area contributed by atoms with Gasteiger partial charge >= 0.3 is 0 Å². The molecule has 2 atom stereocenters. The van der Waals surface area contributed by atoms with E-state index in [2.05, 4.69) is 20.3 Å². The SMILES string of the molecule is Cc1nnc(N(C)c2cc(OC[C@H]3C[C@@H]3c3ccc(F)cn3)nn(C)c2=O)s1. The minimum absolute atomic E-state index is 0.248. The lowest BCUT2D eigenvalue weighted by Gasteiger charge is -2.16. The van der Waals surface area contributed by atoms with E-state index in [9.17, 15) is 9.18 Å². The Morgan fingerprint density at radius 1 is 1.39 bits per heavy atom. The third-order valence-electron chi connectivity index (χ3n) is 4.68. The molecule has 0 radical (unpaired) electrons. The molecular weight excluding hydrogens is 383 g/mol. The second-order valence-corrected chi connectivity index (χ2v) is 7.93. The maximum Gasteiger partial charge on any atom is 0.290 e. The standard InChI is InChI=1S/C18H19FN6O2S/c1-10-21-22-18(28-10)24(2)15-7-16(23-25(3)17(15)26)27-9-11-6-13(11)14-5-4-12(19)8-20-14/h4-5,7-8,11,13H,6,9H2,1-3H3/t11-,13+/m1/s1. The molecule has 4 rings (SSSR count). The normalized spacial score (nSPS) is 18.1. The number of hydrogen-bond acceptors (Lipinski definition) is 8. The predicted octanol–water partition coefficient (Wildman–Crippen LogP) is 2.42. The van der Waals surface area contributed by atoms with E-state index in [1.165, 1.54) is 28.3 Å². The zero-order valence-corrected chi connectivity index (χ0v) is 16.5. The van der Waals surface area contributed by atoms with Crippen molar-refractivity contribution < 1.29 is 9.13 Å². The Bertz CT molecular complexity index is 1050. The highest BCUT2D eigenvalue weighted by molar-refractivity contribution is 7.15. The predicted molar refractivity (Wildman–Crippen MR) is 103 cm³/mol. The van der Waals surface area contributed by atoms with Crippen LogP contribution in [0.1, 0.15) is 23.0 Å². The summed E-state index contributed by atoms with van der Waals surface area (Å²) in [5.41, 5.74) is 1.04. The molecule has 0 spiro atoms. The zero-order valence-electron chi connectivity index (χ0n) is 15.7. The first-order chi connectivity index (χ1) is 13.4. The maximum absolute atomic E-state index is 13.0. The Morgan fingerprint density at radius 3 is 2.89 bits per heavy atom. The molecule has 1 aliphatic rings. The van der Waals surface area contributed by atoms with Crippen LogP contribution in [0.15, 0.2) is 29.2 Å². The van der Waals surface area contributed by atoms with E-state index in [1.807, 2.05) is 6.92 Å². The molecule has 1 aliphatic carbocycles. The van der Waals surface area contributed by atoms with Crippen LogP contribution in [0, 0.1) is 18.7 Å². The number of halogens is 1. The summed E-state index contributed by atoms with van der Waals surface area (Å²) in [7, 11) is 3.35. The maximum atomic E-state index is 13.0. The van der Waals surface area contributed by atoms with Crippen molar-refractivity contribution in [2.24, 2.45) is 13.0 Å². The summed E-state index contributed by atoms with van der Waals surface area (Å²) in [6.45, 7) is 2.31. The summed E-state index contributed by atoms with van der Waals surface area (Å²) in [6.07, 6.45) is 2.17. The molecule has 3 heterocycles. The van der Waals surface area contributed by atoms with E-state index in [-0.39, 0.29) is 17.3 Å². The summed E-state index contributed by atoms with van der Waals surface area (Å²) in [5, 5.41) is 13.7. The van der Waals surface area contributed by atoms with Gasteiger partial charge in [-0.25, -0.2) is 9.07 Å². The summed E-state index contributed by atoms with van der Waals surface area (Å²) in [4.78, 5) is 18.3. The third kappa shape index (κ3) is 3.72. The molecular formula is C18H19FN6O2S. The molecule has 1 fully saturated rings. The van der Waals surface area contributed by atoms with Crippen LogP contribution in [0.3, 0.4) is 0 Å². The molecule has 3 aromatic heterocycles. The van der Waals surface area contributed by atoms with Gasteiger partial charge in [-0.15, -0.1) is 15.3 Å². The Kier molecular flexibility index (Phi) is 4.80.